The van der Waals surface area contributed by atoms with Gasteiger partial charge in [-0.05, 0) is 35.8 Å². The van der Waals surface area contributed by atoms with Crippen LogP contribution in [-0.4, -0.2) is 29.1 Å². The molecule has 0 aromatic heterocycles. The minimum atomic E-state index is -0.581. The number of hydrogen-bond donors (Lipinski definition) is 1. The van der Waals surface area contributed by atoms with Crippen LogP contribution < -0.4 is 0 Å². The van der Waals surface area contributed by atoms with Crippen LogP contribution in [0.2, 0.25) is 0 Å². The summed E-state index contributed by atoms with van der Waals surface area (Å²) in [6.45, 7) is 6.95. The molecule has 3 nitrogen and oxygen atoms in total. The lowest BCUT2D eigenvalue weighted by atomic mass is 9.81. The molecule has 0 bridgehead atoms. The van der Waals surface area contributed by atoms with Crippen LogP contribution in [0, 0.1) is 11.3 Å². The Labute approximate surface area is 127 Å². The number of nitrogens with zero attached hydrogens (tertiary/aromatic N) is 1. The van der Waals surface area contributed by atoms with E-state index in [1.165, 1.54) is 11.1 Å². The van der Waals surface area contributed by atoms with Gasteiger partial charge in [0.15, 0.2) is 0 Å². The van der Waals surface area contributed by atoms with Crippen LogP contribution in [0.3, 0.4) is 0 Å². The third-order valence-corrected chi connectivity index (χ3v) is 5.42. The molecule has 3 rings (SSSR count). The van der Waals surface area contributed by atoms with Crippen molar-refractivity contribution >= 4 is 5.97 Å². The Morgan fingerprint density at radius 3 is 2.67 bits per heavy atom. The van der Waals surface area contributed by atoms with E-state index in [1.807, 2.05) is 0 Å². The van der Waals surface area contributed by atoms with Crippen molar-refractivity contribution in [3.63, 3.8) is 0 Å². The van der Waals surface area contributed by atoms with Gasteiger partial charge < -0.3 is 5.11 Å². The van der Waals surface area contributed by atoms with Crippen LogP contribution in [0.4, 0.5) is 0 Å². The van der Waals surface area contributed by atoms with Crippen molar-refractivity contribution in [1.29, 1.82) is 0 Å². The predicted molar refractivity (Wildman–Crippen MR) is 83.2 cm³/mol. The molecule has 1 heterocycles. The third kappa shape index (κ3) is 2.59. The van der Waals surface area contributed by atoms with E-state index in [0.29, 0.717) is 11.8 Å². The number of benzene rings is 1. The van der Waals surface area contributed by atoms with E-state index in [-0.39, 0.29) is 0 Å². The molecule has 1 saturated heterocycles. The Kier molecular flexibility index (Phi) is 3.78. The number of rotatable bonds is 4. The second kappa shape index (κ2) is 5.45. The maximum atomic E-state index is 11.7. The maximum absolute atomic E-state index is 11.7. The molecule has 0 radical (unpaired) electrons. The summed E-state index contributed by atoms with van der Waals surface area (Å²) in [5, 5.41) is 9.63. The van der Waals surface area contributed by atoms with Gasteiger partial charge in [0.2, 0.25) is 0 Å². The first-order valence-electron chi connectivity index (χ1n) is 8.06. The Morgan fingerprint density at radius 1 is 1.38 bits per heavy atom. The molecule has 3 heteroatoms. The molecule has 2 atom stereocenters. The van der Waals surface area contributed by atoms with Crippen molar-refractivity contribution in [2.24, 2.45) is 11.3 Å². The monoisotopic (exact) mass is 287 g/mol. The quantitative estimate of drug-likeness (QED) is 0.921. The first-order chi connectivity index (χ1) is 10.0. The van der Waals surface area contributed by atoms with E-state index >= 15 is 0 Å². The van der Waals surface area contributed by atoms with Gasteiger partial charge in [0.25, 0.3) is 0 Å². The summed E-state index contributed by atoms with van der Waals surface area (Å²) in [6.07, 6.45) is 3.01. The van der Waals surface area contributed by atoms with E-state index in [0.717, 1.165) is 38.9 Å². The highest BCUT2D eigenvalue weighted by molar-refractivity contribution is 5.76. The van der Waals surface area contributed by atoms with E-state index in [1.54, 1.807) is 0 Å². The molecule has 1 aromatic rings. The van der Waals surface area contributed by atoms with Crippen LogP contribution in [0.1, 0.15) is 50.2 Å². The summed E-state index contributed by atoms with van der Waals surface area (Å²) >= 11 is 0. The minimum Gasteiger partial charge on any atom is -0.481 e. The van der Waals surface area contributed by atoms with Gasteiger partial charge in [0.05, 0.1) is 5.41 Å². The van der Waals surface area contributed by atoms with Gasteiger partial charge in [0.1, 0.15) is 0 Å². The molecule has 1 N–H and O–H groups in total. The van der Waals surface area contributed by atoms with Crippen LogP contribution in [0.5, 0.6) is 0 Å². The molecular weight excluding hydrogens is 262 g/mol. The molecule has 0 unspecified atom stereocenters. The first kappa shape index (κ1) is 14.6. The number of hydrogen-bond acceptors (Lipinski definition) is 2. The fraction of sp³-hybridized carbons (Fsp3) is 0.611. The second-order valence-electron chi connectivity index (χ2n) is 7.12. The van der Waals surface area contributed by atoms with Crippen molar-refractivity contribution in [3.8, 4) is 0 Å². The second-order valence-corrected chi connectivity index (χ2v) is 7.12. The normalized spacial score (nSPS) is 29.0. The van der Waals surface area contributed by atoms with Gasteiger partial charge in [-0.1, -0.05) is 44.5 Å². The smallest absolute Gasteiger partial charge is 0.311 e. The van der Waals surface area contributed by atoms with Crippen LogP contribution in [-0.2, 0) is 11.3 Å². The Morgan fingerprint density at radius 2 is 2.10 bits per heavy atom. The first-order valence-corrected chi connectivity index (χ1v) is 8.06. The van der Waals surface area contributed by atoms with Gasteiger partial charge in [0, 0.05) is 19.6 Å². The zero-order valence-electron chi connectivity index (χ0n) is 13.0. The van der Waals surface area contributed by atoms with Gasteiger partial charge in [-0.15, -0.1) is 0 Å². The van der Waals surface area contributed by atoms with Crippen LogP contribution in [0.25, 0.3) is 0 Å². The standard InChI is InChI=1S/C18H25NO2/c1-13(2)15-7-5-14(6-8-15)10-19-11-16-4-3-9-18(16,12-19)17(20)21/h5-8,13,16H,3-4,9-12H2,1-2H3,(H,20,21)/t16-,18+/m0/s1. The number of carboxylic acids is 1. The predicted octanol–water partition coefficient (Wildman–Crippen LogP) is 3.50. The van der Waals surface area contributed by atoms with E-state index < -0.39 is 11.4 Å². The van der Waals surface area contributed by atoms with Crippen LogP contribution >= 0.6 is 0 Å². The zero-order chi connectivity index (χ0) is 15.0. The van der Waals surface area contributed by atoms with Gasteiger partial charge in [-0.25, -0.2) is 0 Å². The highest BCUT2D eigenvalue weighted by Crippen LogP contribution is 2.49. The average molecular weight is 287 g/mol. The van der Waals surface area contributed by atoms with E-state index in [4.69, 9.17) is 0 Å². The molecule has 114 valence electrons. The van der Waals surface area contributed by atoms with Crippen molar-refractivity contribution < 1.29 is 9.90 Å². The third-order valence-electron chi connectivity index (χ3n) is 5.42. The van der Waals surface area contributed by atoms with Crippen molar-refractivity contribution in [2.45, 2.75) is 45.6 Å². The molecule has 1 aliphatic carbocycles. The van der Waals surface area contributed by atoms with Gasteiger partial charge in [-0.3, -0.25) is 9.69 Å². The molecule has 0 spiro atoms. The summed E-state index contributed by atoms with van der Waals surface area (Å²) in [4.78, 5) is 14.0. The SMILES string of the molecule is CC(C)c1ccc(CN2C[C@@H]3CCC[C@@]3(C(=O)O)C2)cc1. The summed E-state index contributed by atoms with van der Waals surface area (Å²) in [6, 6.07) is 8.78. The Bertz CT molecular complexity index is 523. The fourth-order valence-electron chi connectivity index (χ4n) is 4.13. The van der Waals surface area contributed by atoms with Crippen molar-refractivity contribution in [1.82, 2.24) is 4.90 Å². The molecule has 2 aliphatic rings. The summed E-state index contributed by atoms with van der Waals surface area (Å²) in [5.74, 6) is 0.327. The van der Waals surface area contributed by atoms with Gasteiger partial charge in [-0.2, -0.15) is 0 Å². The van der Waals surface area contributed by atoms with Crippen molar-refractivity contribution in [3.05, 3.63) is 35.4 Å². The molecule has 1 saturated carbocycles. The number of carbonyl (C=O) groups is 1. The minimum absolute atomic E-state index is 0.352. The lowest BCUT2D eigenvalue weighted by Gasteiger charge is -2.23. The van der Waals surface area contributed by atoms with Crippen molar-refractivity contribution in [2.75, 3.05) is 13.1 Å². The molecule has 0 amide bonds. The molecule has 21 heavy (non-hydrogen) atoms. The number of fused-ring (bicyclic) bond motifs is 1. The molecular formula is C18H25NO2. The van der Waals surface area contributed by atoms with E-state index in [9.17, 15) is 9.90 Å². The van der Waals surface area contributed by atoms with Gasteiger partial charge >= 0.3 is 5.97 Å². The topological polar surface area (TPSA) is 40.5 Å². The summed E-state index contributed by atoms with van der Waals surface area (Å²) in [7, 11) is 0. The fourth-order valence-corrected chi connectivity index (χ4v) is 4.13. The van der Waals surface area contributed by atoms with Crippen LogP contribution in [0.15, 0.2) is 24.3 Å². The summed E-state index contributed by atoms with van der Waals surface area (Å²) < 4.78 is 0. The largest absolute Gasteiger partial charge is 0.481 e. The Balaban J connectivity index is 1.68. The average Bonchev–Trinajstić information content (AvgIpc) is 2.97. The lowest BCUT2D eigenvalue weighted by Crippen LogP contribution is -2.35. The molecule has 2 fully saturated rings. The number of likely N-dealkylation sites (tertiary alicyclic amines) is 1. The molecule has 1 aromatic carbocycles. The maximum Gasteiger partial charge on any atom is 0.311 e. The zero-order valence-corrected chi connectivity index (χ0v) is 13.0. The number of carboxylic acid groups (broad SMARTS) is 1. The van der Waals surface area contributed by atoms with E-state index in [2.05, 4.69) is 43.0 Å². The molecule has 1 aliphatic heterocycles. The lowest BCUT2D eigenvalue weighted by molar-refractivity contribution is -0.149. The summed E-state index contributed by atoms with van der Waals surface area (Å²) in [5.41, 5.74) is 2.19. The Hall–Kier alpha value is -1.35. The highest BCUT2D eigenvalue weighted by atomic mass is 16.4. The highest BCUT2D eigenvalue weighted by Gasteiger charge is 2.54. The number of aliphatic carboxylic acids is 1.